The second-order valence-electron chi connectivity index (χ2n) is 20.2. The van der Waals surface area contributed by atoms with Crippen molar-refractivity contribution in [1.29, 1.82) is 0 Å². The maximum Gasteiger partial charge on any atom is 0.306 e. The van der Waals surface area contributed by atoms with E-state index in [1.807, 2.05) is 0 Å². The van der Waals surface area contributed by atoms with Crippen molar-refractivity contribution in [2.24, 2.45) is 0 Å². The third-order valence-electron chi connectivity index (χ3n) is 13.3. The molecule has 0 aliphatic heterocycles. The number of ether oxygens (including phenoxy) is 3. The van der Waals surface area contributed by atoms with Gasteiger partial charge in [0.25, 0.3) is 0 Å². The van der Waals surface area contributed by atoms with E-state index in [0.717, 1.165) is 96.3 Å². The van der Waals surface area contributed by atoms with Crippen LogP contribution in [-0.4, -0.2) is 37.2 Å². The molecule has 0 saturated carbocycles. The Hall–Kier alpha value is -2.89. The van der Waals surface area contributed by atoms with Crippen molar-refractivity contribution in [2.75, 3.05) is 13.2 Å². The molecule has 0 radical (unpaired) electrons. The Morgan fingerprint density at radius 3 is 0.886 bits per heavy atom. The van der Waals surface area contributed by atoms with Gasteiger partial charge >= 0.3 is 17.9 Å². The van der Waals surface area contributed by atoms with Crippen molar-refractivity contribution in [1.82, 2.24) is 0 Å². The summed E-state index contributed by atoms with van der Waals surface area (Å²) in [7, 11) is 0. The number of allylic oxidation sites excluding steroid dienone is 10. The van der Waals surface area contributed by atoms with Crippen LogP contribution in [-0.2, 0) is 28.6 Å². The Morgan fingerprint density at radius 2 is 0.557 bits per heavy atom. The minimum atomic E-state index is -0.783. The zero-order chi connectivity index (χ0) is 50.7. The first kappa shape index (κ1) is 67.1. The van der Waals surface area contributed by atoms with E-state index in [1.54, 1.807) is 0 Å². The molecule has 0 aliphatic carbocycles. The molecule has 0 aromatic carbocycles. The van der Waals surface area contributed by atoms with Gasteiger partial charge in [-0.25, -0.2) is 0 Å². The van der Waals surface area contributed by atoms with E-state index >= 15 is 0 Å². The van der Waals surface area contributed by atoms with Gasteiger partial charge in [-0.2, -0.15) is 0 Å². The van der Waals surface area contributed by atoms with E-state index in [9.17, 15) is 14.4 Å². The third-order valence-corrected chi connectivity index (χ3v) is 13.3. The zero-order valence-electron chi connectivity index (χ0n) is 46.5. The fourth-order valence-electron chi connectivity index (χ4n) is 8.72. The van der Waals surface area contributed by atoms with Crippen molar-refractivity contribution in [3.63, 3.8) is 0 Å². The van der Waals surface area contributed by atoms with Crippen molar-refractivity contribution < 1.29 is 28.6 Å². The van der Waals surface area contributed by atoms with Crippen LogP contribution < -0.4 is 0 Å². The monoisotopic (exact) mass is 979 g/mol. The van der Waals surface area contributed by atoms with E-state index < -0.39 is 6.10 Å². The number of hydrogen-bond donors (Lipinski definition) is 0. The van der Waals surface area contributed by atoms with Crippen LogP contribution in [0.15, 0.2) is 60.8 Å². The summed E-state index contributed by atoms with van der Waals surface area (Å²) in [6.45, 7) is 6.47. The van der Waals surface area contributed by atoms with E-state index in [1.165, 1.54) is 173 Å². The SMILES string of the molecule is CC/C=C\C/C=C\C/C=C\C/C=C\CCCCCCC(=O)OC(COC(=O)CCCCCCCC)COC(=O)CCCCCCCCCCCCCCCCCCC/C=C\CCCCCCCCCC. The number of rotatable bonds is 55. The fourth-order valence-corrected chi connectivity index (χ4v) is 8.72. The molecular formula is C64H114O6. The van der Waals surface area contributed by atoms with E-state index in [2.05, 4.69) is 81.5 Å². The van der Waals surface area contributed by atoms with Crippen LogP contribution in [0.5, 0.6) is 0 Å². The van der Waals surface area contributed by atoms with E-state index in [-0.39, 0.29) is 31.1 Å². The van der Waals surface area contributed by atoms with Crippen LogP contribution in [0.25, 0.3) is 0 Å². The average molecular weight is 980 g/mol. The lowest BCUT2D eigenvalue weighted by Gasteiger charge is -2.18. The van der Waals surface area contributed by atoms with Crippen LogP contribution in [0.4, 0.5) is 0 Å². The van der Waals surface area contributed by atoms with Crippen molar-refractivity contribution in [2.45, 2.75) is 316 Å². The number of unbranched alkanes of at least 4 members (excludes halogenated alkanes) is 34. The van der Waals surface area contributed by atoms with Gasteiger partial charge in [-0.3, -0.25) is 14.4 Å². The minimum absolute atomic E-state index is 0.0819. The maximum atomic E-state index is 12.8. The predicted molar refractivity (Wildman–Crippen MR) is 302 cm³/mol. The van der Waals surface area contributed by atoms with Crippen molar-refractivity contribution >= 4 is 17.9 Å². The first-order chi connectivity index (χ1) is 34.5. The summed E-state index contributed by atoms with van der Waals surface area (Å²) in [5.41, 5.74) is 0. The summed E-state index contributed by atoms with van der Waals surface area (Å²) >= 11 is 0. The van der Waals surface area contributed by atoms with Gasteiger partial charge in [-0.15, -0.1) is 0 Å². The summed E-state index contributed by atoms with van der Waals surface area (Å²) in [6, 6.07) is 0. The van der Waals surface area contributed by atoms with E-state index in [0.29, 0.717) is 19.3 Å². The van der Waals surface area contributed by atoms with Gasteiger partial charge in [0.1, 0.15) is 13.2 Å². The highest BCUT2D eigenvalue weighted by Crippen LogP contribution is 2.17. The third kappa shape index (κ3) is 56.0. The smallest absolute Gasteiger partial charge is 0.306 e. The van der Waals surface area contributed by atoms with Gasteiger partial charge in [-0.05, 0) is 83.5 Å². The molecule has 6 nitrogen and oxygen atoms in total. The lowest BCUT2D eigenvalue weighted by atomic mass is 10.0. The largest absolute Gasteiger partial charge is 0.462 e. The molecular weight excluding hydrogens is 865 g/mol. The molecule has 0 aromatic heterocycles. The molecule has 0 saturated heterocycles. The zero-order valence-corrected chi connectivity index (χ0v) is 46.5. The highest BCUT2D eigenvalue weighted by molar-refractivity contribution is 5.71. The number of carbonyl (C=O) groups excluding carboxylic acids is 3. The lowest BCUT2D eigenvalue weighted by molar-refractivity contribution is -0.167. The molecule has 6 heteroatoms. The molecule has 0 spiro atoms. The first-order valence-electron chi connectivity index (χ1n) is 30.3. The van der Waals surface area contributed by atoms with Crippen LogP contribution in [0.2, 0.25) is 0 Å². The van der Waals surface area contributed by atoms with Crippen LogP contribution in [0, 0.1) is 0 Å². The Balaban J connectivity index is 4.04. The Bertz CT molecular complexity index is 1260. The van der Waals surface area contributed by atoms with E-state index in [4.69, 9.17) is 14.2 Å². The van der Waals surface area contributed by atoms with Crippen molar-refractivity contribution in [3.8, 4) is 0 Å². The fraction of sp³-hybridized carbons (Fsp3) is 0.797. The molecule has 0 N–H and O–H groups in total. The highest BCUT2D eigenvalue weighted by atomic mass is 16.6. The predicted octanol–water partition coefficient (Wildman–Crippen LogP) is 20.4. The molecule has 0 aliphatic rings. The topological polar surface area (TPSA) is 78.9 Å². The second kappa shape index (κ2) is 58.7. The molecule has 1 unspecified atom stereocenters. The van der Waals surface area contributed by atoms with Crippen LogP contribution in [0.1, 0.15) is 310 Å². The summed E-state index contributed by atoms with van der Waals surface area (Å²) < 4.78 is 16.7. The van der Waals surface area contributed by atoms with Crippen LogP contribution in [0.3, 0.4) is 0 Å². The summed E-state index contributed by atoms with van der Waals surface area (Å²) in [4.78, 5) is 37.9. The maximum absolute atomic E-state index is 12.8. The standard InChI is InChI=1S/C64H114O6/c1-4-7-10-13-16-18-20-22-24-26-27-28-29-30-31-32-33-34-35-36-37-39-40-42-44-46-48-51-54-57-63(66)69-60-61(59-68-62(65)56-53-50-15-12-9-6-3)70-64(67)58-55-52-49-47-45-43-41-38-25-23-21-19-17-14-11-8-5-2/h8,11,17,19,23,25-27,41,43,61H,4-7,9-10,12-16,18,20-22,24,28-40,42,44-60H2,1-3H3/b11-8-,19-17-,25-23-,27-26-,43-41-. The molecule has 70 heavy (non-hydrogen) atoms. The summed E-state index contributed by atoms with van der Waals surface area (Å²) in [5, 5.41) is 0. The van der Waals surface area contributed by atoms with Gasteiger partial charge < -0.3 is 14.2 Å². The molecule has 0 aromatic rings. The van der Waals surface area contributed by atoms with Gasteiger partial charge in [0.15, 0.2) is 6.10 Å². The molecule has 0 fully saturated rings. The molecule has 0 heterocycles. The minimum Gasteiger partial charge on any atom is -0.462 e. The molecule has 0 bridgehead atoms. The molecule has 1 atom stereocenters. The van der Waals surface area contributed by atoms with Crippen molar-refractivity contribution in [3.05, 3.63) is 60.8 Å². The highest BCUT2D eigenvalue weighted by Gasteiger charge is 2.19. The summed E-state index contributed by atoms with van der Waals surface area (Å²) in [6.07, 6.45) is 74.1. The first-order valence-corrected chi connectivity index (χ1v) is 30.3. The molecule has 406 valence electrons. The normalized spacial score (nSPS) is 12.4. The van der Waals surface area contributed by atoms with Gasteiger partial charge in [0.2, 0.25) is 0 Å². The van der Waals surface area contributed by atoms with Crippen LogP contribution >= 0.6 is 0 Å². The van der Waals surface area contributed by atoms with Gasteiger partial charge in [0.05, 0.1) is 0 Å². The lowest BCUT2D eigenvalue weighted by Crippen LogP contribution is -2.30. The number of esters is 3. The Morgan fingerprint density at radius 1 is 0.300 bits per heavy atom. The summed E-state index contributed by atoms with van der Waals surface area (Å²) in [5.74, 6) is -0.905. The molecule has 0 rings (SSSR count). The van der Waals surface area contributed by atoms with Gasteiger partial charge in [0, 0.05) is 19.3 Å². The Labute approximate surface area is 434 Å². The number of hydrogen-bond acceptors (Lipinski definition) is 6. The quantitative estimate of drug-likeness (QED) is 0.0261. The molecule has 0 amide bonds. The number of carbonyl (C=O) groups is 3. The Kier molecular flexibility index (Phi) is 56.3. The average Bonchev–Trinajstić information content (AvgIpc) is 3.36. The second-order valence-corrected chi connectivity index (χ2v) is 20.2. The van der Waals surface area contributed by atoms with Gasteiger partial charge in [-0.1, -0.05) is 268 Å².